The lowest BCUT2D eigenvalue weighted by Crippen LogP contribution is -2.34. The number of aryl methyl sites for hydroxylation is 2. The zero-order valence-electron chi connectivity index (χ0n) is 18.1. The SMILES string of the molecule is COC(=O)C1=C(C)NC(=O)/C1=C\c1ccc(CNC(=O)C(=O)Nc2ccc(C)c(C)c2)o1. The van der Waals surface area contributed by atoms with Crippen molar-refractivity contribution in [3.63, 3.8) is 0 Å². The number of allylic oxidation sites excluding steroid dienone is 1. The van der Waals surface area contributed by atoms with Gasteiger partial charge >= 0.3 is 17.8 Å². The average molecular weight is 437 g/mol. The number of benzene rings is 1. The van der Waals surface area contributed by atoms with Crippen LogP contribution in [0.3, 0.4) is 0 Å². The van der Waals surface area contributed by atoms with Crippen molar-refractivity contribution < 1.29 is 28.3 Å². The molecule has 9 nitrogen and oxygen atoms in total. The summed E-state index contributed by atoms with van der Waals surface area (Å²) in [6.45, 7) is 5.42. The third-order valence-corrected chi connectivity index (χ3v) is 4.94. The number of carbonyl (C=O) groups is 4. The van der Waals surface area contributed by atoms with Gasteiger partial charge in [0.1, 0.15) is 11.5 Å². The molecule has 166 valence electrons. The molecule has 2 heterocycles. The number of ether oxygens (including phenoxy) is 1. The molecule has 3 N–H and O–H groups in total. The van der Waals surface area contributed by atoms with Crippen molar-refractivity contribution in [3.05, 3.63) is 69.8 Å². The largest absolute Gasteiger partial charge is 0.465 e. The Morgan fingerprint density at radius 1 is 1.06 bits per heavy atom. The fourth-order valence-electron chi connectivity index (χ4n) is 3.08. The number of methoxy groups -OCH3 is 1. The summed E-state index contributed by atoms with van der Waals surface area (Å²) in [7, 11) is 1.23. The molecule has 0 bridgehead atoms. The number of furan rings is 1. The maximum Gasteiger partial charge on any atom is 0.340 e. The number of carbonyl (C=O) groups excluding carboxylic acids is 4. The molecule has 1 aliphatic heterocycles. The molecule has 1 aromatic heterocycles. The fraction of sp³-hybridized carbons (Fsp3) is 0.217. The second-order valence-corrected chi connectivity index (χ2v) is 7.24. The van der Waals surface area contributed by atoms with Crippen LogP contribution in [0, 0.1) is 13.8 Å². The van der Waals surface area contributed by atoms with Crippen LogP contribution in [0.5, 0.6) is 0 Å². The maximum absolute atomic E-state index is 12.1. The van der Waals surface area contributed by atoms with Crippen LogP contribution in [0.15, 0.2) is 51.6 Å². The van der Waals surface area contributed by atoms with E-state index >= 15 is 0 Å². The molecule has 32 heavy (non-hydrogen) atoms. The van der Waals surface area contributed by atoms with E-state index in [1.165, 1.54) is 13.2 Å². The lowest BCUT2D eigenvalue weighted by Gasteiger charge is -2.07. The number of rotatable bonds is 5. The molecule has 0 aliphatic carbocycles. The Balaban J connectivity index is 1.62. The molecule has 0 atom stereocenters. The minimum Gasteiger partial charge on any atom is -0.465 e. The summed E-state index contributed by atoms with van der Waals surface area (Å²) in [6.07, 6.45) is 1.41. The summed E-state index contributed by atoms with van der Waals surface area (Å²) in [6, 6.07) is 8.53. The Morgan fingerprint density at radius 3 is 2.50 bits per heavy atom. The van der Waals surface area contributed by atoms with Crippen molar-refractivity contribution in [2.24, 2.45) is 0 Å². The summed E-state index contributed by atoms with van der Waals surface area (Å²) >= 11 is 0. The van der Waals surface area contributed by atoms with Crippen LogP contribution in [0.1, 0.15) is 29.6 Å². The zero-order chi connectivity index (χ0) is 23.4. The van der Waals surface area contributed by atoms with Crippen LogP contribution in [0.25, 0.3) is 6.08 Å². The summed E-state index contributed by atoms with van der Waals surface area (Å²) in [5.41, 5.74) is 3.24. The van der Waals surface area contributed by atoms with Gasteiger partial charge in [0.15, 0.2) is 0 Å². The molecule has 0 fully saturated rings. The summed E-state index contributed by atoms with van der Waals surface area (Å²) in [5, 5.41) is 7.59. The van der Waals surface area contributed by atoms with Crippen LogP contribution < -0.4 is 16.0 Å². The molecule has 2 aromatic rings. The van der Waals surface area contributed by atoms with E-state index in [9.17, 15) is 19.2 Å². The molecular formula is C23H23N3O6. The van der Waals surface area contributed by atoms with Gasteiger partial charge in [-0.05, 0) is 62.2 Å². The number of nitrogens with one attached hydrogen (secondary N) is 3. The number of hydrogen-bond donors (Lipinski definition) is 3. The predicted octanol–water partition coefficient (Wildman–Crippen LogP) is 2.11. The summed E-state index contributed by atoms with van der Waals surface area (Å²) < 4.78 is 10.3. The molecule has 0 saturated carbocycles. The first-order valence-electron chi connectivity index (χ1n) is 9.77. The van der Waals surface area contributed by atoms with Crippen molar-refractivity contribution in [3.8, 4) is 0 Å². The average Bonchev–Trinajstić information content (AvgIpc) is 3.32. The second kappa shape index (κ2) is 9.34. The molecule has 1 aromatic carbocycles. The highest BCUT2D eigenvalue weighted by Gasteiger charge is 2.31. The molecule has 3 amide bonds. The van der Waals surface area contributed by atoms with Gasteiger partial charge in [0.05, 0.1) is 24.8 Å². The van der Waals surface area contributed by atoms with Gasteiger partial charge in [-0.25, -0.2) is 4.79 Å². The van der Waals surface area contributed by atoms with Gasteiger partial charge in [0.25, 0.3) is 5.91 Å². The number of hydrogen-bond acceptors (Lipinski definition) is 6. The summed E-state index contributed by atoms with van der Waals surface area (Å²) in [4.78, 5) is 48.3. The van der Waals surface area contributed by atoms with Crippen LogP contribution in [-0.2, 0) is 30.5 Å². The number of amides is 3. The van der Waals surface area contributed by atoms with Gasteiger partial charge in [-0.1, -0.05) is 6.07 Å². The Labute approximate surface area is 184 Å². The first kappa shape index (κ1) is 22.5. The van der Waals surface area contributed by atoms with E-state index in [4.69, 9.17) is 9.15 Å². The lowest BCUT2D eigenvalue weighted by atomic mass is 10.1. The highest BCUT2D eigenvalue weighted by Crippen LogP contribution is 2.25. The highest BCUT2D eigenvalue weighted by atomic mass is 16.5. The quantitative estimate of drug-likeness (QED) is 0.374. The van der Waals surface area contributed by atoms with E-state index in [0.717, 1.165) is 11.1 Å². The minimum absolute atomic E-state index is 0.0344. The predicted molar refractivity (Wildman–Crippen MR) is 116 cm³/mol. The Kier molecular flexibility index (Phi) is 6.58. The van der Waals surface area contributed by atoms with Crippen LogP contribution in [0.4, 0.5) is 5.69 Å². The molecule has 0 saturated heterocycles. The van der Waals surface area contributed by atoms with E-state index in [1.54, 1.807) is 31.2 Å². The molecule has 0 unspecified atom stereocenters. The Hall–Kier alpha value is -4.14. The van der Waals surface area contributed by atoms with Gasteiger partial charge < -0.3 is 25.1 Å². The fourth-order valence-corrected chi connectivity index (χ4v) is 3.08. The third kappa shape index (κ3) is 4.94. The number of esters is 1. The first-order valence-corrected chi connectivity index (χ1v) is 9.77. The van der Waals surface area contributed by atoms with Gasteiger partial charge in [-0.3, -0.25) is 14.4 Å². The van der Waals surface area contributed by atoms with Gasteiger partial charge in [-0.2, -0.15) is 0 Å². The third-order valence-electron chi connectivity index (χ3n) is 4.94. The molecule has 1 aliphatic rings. The van der Waals surface area contributed by atoms with E-state index < -0.39 is 23.7 Å². The highest BCUT2D eigenvalue weighted by molar-refractivity contribution is 6.39. The second-order valence-electron chi connectivity index (χ2n) is 7.24. The van der Waals surface area contributed by atoms with Gasteiger partial charge in [0, 0.05) is 11.4 Å². The van der Waals surface area contributed by atoms with Crippen molar-refractivity contribution >= 4 is 35.5 Å². The first-order chi connectivity index (χ1) is 15.2. The molecule has 3 rings (SSSR count). The molecule has 0 radical (unpaired) electrons. The van der Waals surface area contributed by atoms with Crippen molar-refractivity contribution in [2.75, 3.05) is 12.4 Å². The normalized spacial score (nSPS) is 14.4. The lowest BCUT2D eigenvalue weighted by molar-refractivity contribution is -0.136. The van der Waals surface area contributed by atoms with Crippen LogP contribution >= 0.6 is 0 Å². The van der Waals surface area contributed by atoms with Crippen molar-refractivity contribution in [2.45, 2.75) is 27.3 Å². The maximum atomic E-state index is 12.1. The standard InChI is InChI=1S/C23H23N3O6/c1-12-5-6-15(9-13(12)2)26-22(29)21(28)24-11-17-8-7-16(32-17)10-18-19(23(30)31-4)14(3)25-20(18)27/h5-10H,11H2,1-4H3,(H,24,28)(H,25,27)(H,26,29)/b18-10-. The van der Waals surface area contributed by atoms with Crippen LogP contribution in [0.2, 0.25) is 0 Å². The Bertz CT molecular complexity index is 1170. The molecule has 9 heteroatoms. The smallest absolute Gasteiger partial charge is 0.340 e. The topological polar surface area (TPSA) is 127 Å². The molecular weight excluding hydrogens is 414 g/mol. The van der Waals surface area contributed by atoms with Gasteiger partial charge in [0.2, 0.25) is 0 Å². The van der Waals surface area contributed by atoms with E-state index in [0.29, 0.717) is 22.9 Å². The minimum atomic E-state index is -0.818. The zero-order valence-corrected chi connectivity index (χ0v) is 18.1. The van der Waals surface area contributed by atoms with Crippen molar-refractivity contribution in [1.82, 2.24) is 10.6 Å². The summed E-state index contributed by atoms with van der Waals surface area (Å²) in [5.74, 6) is -2.04. The molecule has 0 spiro atoms. The van der Waals surface area contributed by atoms with Crippen LogP contribution in [-0.4, -0.2) is 30.8 Å². The van der Waals surface area contributed by atoms with Crippen molar-refractivity contribution in [1.29, 1.82) is 0 Å². The van der Waals surface area contributed by atoms with E-state index in [1.807, 2.05) is 19.9 Å². The Morgan fingerprint density at radius 2 is 1.81 bits per heavy atom. The number of anilines is 1. The van der Waals surface area contributed by atoms with Gasteiger partial charge in [-0.15, -0.1) is 0 Å². The monoisotopic (exact) mass is 437 g/mol. The van der Waals surface area contributed by atoms with E-state index in [-0.39, 0.29) is 17.7 Å². The van der Waals surface area contributed by atoms with E-state index in [2.05, 4.69) is 16.0 Å².